The molecule has 34 heavy (non-hydrogen) atoms. The van der Waals surface area contributed by atoms with E-state index < -0.39 is 0 Å². The van der Waals surface area contributed by atoms with Crippen LogP contribution in [0.3, 0.4) is 0 Å². The van der Waals surface area contributed by atoms with Crippen LogP contribution in [0.4, 0.5) is 5.82 Å². The Hall–Kier alpha value is -3.20. The fourth-order valence-electron chi connectivity index (χ4n) is 4.01. The lowest BCUT2D eigenvalue weighted by molar-refractivity contribution is 0.0800. The van der Waals surface area contributed by atoms with E-state index in [2.05, 4.69) is 20.3 Å². The van der Waals surface area contributed by atoms with E-state index in [1.807, 2.05) is 30.4 Å². The molecular formula is C24H22Cl2N6O2. The number of H-pyrrole nitrogens is 1. The van der Waals surface area contributed by atoms with Crippen molar-refractivity contribution in [1.82, 2.24) is 24.8 Å². The van der Waals surface area contributed by atoms with Crippen LogP contribution in [0.5, 0.6) is 0 Å². The highest BCUT2D eigenvalue weighted by atomic mass is 35.5. The number of benzene rings is 2. The number of hydrogen-bond donors (Lipinski definition) is 2. The van der Waals surface area contributed by atoms with Crippen molar-refractivity contribution in [2.75, 3.05) is 32.1 Å². The van der Waals surface area contributed by atoms with Gasteiger partial charge >= 0.3 is 0 Å². The number of halogens is 2. The van der Waals surface area contributed by atoms with E-state index >= 15 is 0 Å². The maximum atomic E-state index is 12.9. The number of methoxy groups -OCH3 is 1. The second kappa shape index (κ2) is 9.58. The Bertz CT molecular complexity index is 1400. The Balaban J connectivity index is 1.49. The predicted octanol–water partition coefficient (Wildman–Crippen LogP) is 5.01. The fraction of sp³-hybridized carbons (Fsp3) is 0.250. The first-order valence-electron chi connectivity index (χ1n) is 10.8. The van der Waals surface area contributed by atoms with Gasteiger partial charge in [0.15, 0.2) is 0 Å². The smallest absolute Gasteiger partial charge is 0.256 e. The van der Waals surface area contributed by atoms with E-state index in [1.165, 1.54) is 6.33 Å². The van der Waals surface area contributed by atoms with Gasteiger partial charge in [0.25, 0.3) is 5.91 Å². The number of amides is 1. The number of hydrogen-bond acceptors (Lipinski definition) is 6. The zero-order chi connectivity index (χ0) is 23.7. The number of ether oxygens (including phenoxy) is 1. The van der Waals surface area contributed by atoms with Crippen LogP contribution < -0.4 is 5.32 Å². The summed E-state index contributed by atoms with van der Waals surface area (Å²) in [7, 11) is 1.66. The third kappa shape index (κ3) is 4.44. The van der Waals surface area contributed by atoms with E-state index in [-0.39, 0.29) is 11.9 Å². The van der Waals surface area contributed by atoms with Gasteiger partial charge in [-0.05, 0) is 36.8 Å². The Morgan fingerprint density at radius 3 is 2.79 bits per heavy atom. The van der Waals surface area contributed by atoms with Crippen molar-refractivity contribution in [1.29, 1.82) is 0 Å². The molecule has 10 heteroatoms. The topological polar surface area (TPSA) is 96.0 Å². The minimum Gasteiger partial charge on any atom is -0.385 e. The van der Waals surface area contributed by atoms with Gasteiger partial charge in [-0.15, -0.1) is 0 Å². The van der Waals surface area contributed by atoms with Crippen LogP contribution in [0.25, 0.3) is 21.9 Å². The number of aromatic amines is 1. The van der Waals surface area contributed by atoms with E-state index in [0.29, 0.717) is 58.4 Å². The zero-order valence-corrected chi connectivity index (χ0v) is 19.9. The van der Waals surface area contributed by atoms with Crippen LogP contribution in [0.1, 0.15) is 28.6 Å². The molecule has 0 radical (unpaired) electrons. The molecule has 0 aliphatic carbocycles. The molecule has 1 aliphatic heterocycles. The van der Waals surface area contributed by atoms with E-state index in [4.69, 9.17) is 32.9 Å². The van der Waals surface area contributed by atoms with Crippen LogP contribution in [0.15, 0.2) is 48.8 Å². The van der Waals surface area contributed by atoms with Gasteiger partial charge < -0.3 is 19.9 Å². The minimum atomic E-state index is -0.222. The highest BCUT2D eigenvalue weighted by molar-refractivity contribution is 6.35. The van der Waals surface area contributed by atoms with Gasteiger partial charge in [0.2, 0.25) is 0 Å². The number of fused-ring (bicyclic) bond motifs is 2. The standard InChI is InChI=1S/C24H22Cl2N6O2/c1-34-9-6-19(23-29-18-5-4-14(25)10-21(18)31-23)30-22-16-11-17(26)15(12-20(16)27-13-28-22)24(33)32-7-2-3-8-32/h2-5,10-13,19H,6-9H2,1H3,(H,29,31)(H,27,28,30). The molecule has 0 saturated carbocycles. The summed E-state index contributed by atoms with van der Waals surface area (Å²) in [6.45, 7) is 1.67. The second-order valence-corrected chi connectivity index (χ2v) is 8.86. The van der Waals surface area contributed by atoms with Gasteiger partial charge in [-0.25, -0.2) is 15.0 Å². The first-order chi connectivity index (χ1) is 16.5. The molecule has 0 bridgehead atoms. The number of imidazole rings is 1. The number of carbonyl (C=O) groups excluding carboxylic acids is 1. The number of aromatic nitrogens is 4. The van der Waals surface area contributed by atoms with Crippen LogP contribution in [-0.4, -0.2) is 57.5 Å². The largest absolute Gasteiger partial charge is 0.385 e. The lowest BCUT2D eigenvalue weighted by Gasteiger charge is -2.19. The molecular weight excluding hydrogens is 475 g/mol. The molecule has 0 saturated heterocycles. The van der Waals surface area contributed by atoms with Gasteiger partial charge in [-0.2, -0.15) is 0 Å². The Labute approximate surface area is 206 Å². The number of nitrogens with zero attached hydrogens (tertiary/aromatic N) is 4. The first-order valence-corrected chi connectivity index (χ1v) is 11.6. The molecule has 2 aromatic carbocycles. The molecule has 1 aliphatic rings. The van der Waals surface area contributed by atoms with Gasteiger partial charge in [-0.1, -0.05) is 35.4 Å². The molecule has 0 spiro atoms. The van der Waals surface area contributed by atoms with Crippen molar-refractivity contribution in [2.24, 2.45) is 0 Å². The highest BCUT2D eigenvalue weighted by Gasteiger charge is 2.22. The predicted molar refractivity (Wildman–Crippen MR) is 134 cm³/mol. The Morgan fingerprint density at radius 1 is 1.18 bits per heavy atom. The molecule has 174 valence electrons. The van der Waals surface area contributed by atoms with Crippen LogP contribution in [0, 0.1) is 0 Å². The van der Waals surface area contributed by atoms with Crippen molar-refractivity contribution in [3.63, 3.8) is 0 Å². The quantitative estimate of drug-likeness (QED) is 0.349. The zero-order valence-electron chi connectivity index (χ0n) is 18.4. The fourth-order valence-corrected chi connectivity index (χ4v) is 4.42. The number of rotatable bonds is 7. The lowest BCUT2D eigenvalue weighted by Crippen LogP contribution is -2.28. The van der Waals surface area contributed by atoms with Gasteiger partial charge in [0.05, 0.1) is 33.2 Å². The van der Waals surface area contributed by atoms with E-state index in [0.717, 1.165) is 16.9 Å². The molecule has 1 unspecified atom stereocenters. The summed E-state index contributed by atoms with van der Waals surface area (Å²) >= 11 is 12.7. The number of nitrogens with one attached hydrogen (secondary N) is 2. The summed E-state index contributed by atoms with van der Waals surface area (Å²) in [6.07, 6.45) is 6.03. The van der Waals surface area contributed by atoms with Crippen molar-refractivity contribution < 1.29 is 9.53 Å². The third-order valence-electron chi connectivity index (χ3n) is 5.78. The second-order valence-electron chi connectivity index (χ2n) is 8.01. The number of anilines is 1. The monoisotopic (exact) mass is 496 g/mol. The van der Waals surface area contributed by atoms with Crippen LogP contribution in [0.2, 0.25) is 10.0 Å². The maximum Gasteiger partial charge on any atom is 0.256 e. The van der Waals surface area contributed by atoms with Gasteiger partial charge in [0.1, 0.15) is 18.0 Å². The first kappa shape index (κ1) is 22.6. The molecule has 2 N–H and O–H groups in total. The van der Waals surface area contributed by atoms with Crippen LogP contribution in [-0.2, 0) is 4.74 Å². The summed E-state index contributed by atoms with van der Waals surface area (Å²) in [5.41, 5.74) is 2.72. The average Bonchev–Trinajstić information content (AvgIpc) is 3.51. The molecule has 5 rings (SSSR count). The maximum absolute atomic E-state index is 12.9. The van der Waals surface area contributed by atoms with Crippen LogP contribution >= 0.6 is 23.2 Å². The lowest BCUT2D eigenvalue weighted by atomic mass is 10.1. The molecule has 8 nitrogen and oxygen atoms in total. The van der Waals surface area contributed by atoms with E-state index in [1.54, 1.807) is 24.1 Å². The normalized spacial score (nSPS) is 14.3. The summed E-state index contributed by atoms with van der Waals surface area (Å²) in [4.78, 5) is 31.5. The highest BCUT2D eigenvalue weighted by Crippen LogP contribution is 2.31. The Kier molecular flexibility index (Phi) is 6.36. The van der Waals surface area contributed by atoms with Crippen molar-refractivity contribution >= 4 is 56.9 Å². The Morgan fingerprint density at radius 2 is 2.00 bits per heavy atom. The molecule has 0 fully saturated rings. The number of carbonyl (C=O) groups is 1. The van der Waals surface area contributed by atoms with Crippen molar-refractivity contribution in [3.8, 4) is 0 Å². The molecule has 3 heterocycles. The third-order valence-corrected chi connectivity index (χ3v) is 6.32. The molecule has 1 atom stereocenters. The SMILES string of the molecule is COCCC(Nc1ncnc2cc(C(=O)N3CC=CC3)c(Cl)cc12)c1nc2cc(Cl)ccc2[nH]1. The molecule has 1 amide bonds. The molecule has 2 aromatic heterocycles. The summed E-state index contributed by atoms with van der Waals surface area (Å²) < 4.78 is 5.32. The summed E-state index contributed by atoms with van der Waals surface area (Å²) in [6, 6.07) is 8.77. The average molecular weight is 497 g/mol. The summed E-state index contributed by atoms with van der Waals surface area (Å²) in [5.74, 6) is 1.21. The molecule has 4 aromatic rings. The van der Waals surface area contributed by atoms with E-state index in [9.17, 15) is 4.79 Å². The van der Waals surface area contributed by atoms with Gasteiger partial charge in [-0.3, -0.25) is 4.79 Å². The summed E-state index contributed by atoms with van der Waals surface area (Å²) in [5, 5.41) is 5.15. The van der Waals surface area contributed by atoms with Crippen molar-refractivity contribution in [3.05, 3.63) is 70.2 Å². The van der Waals surface area contributed by atoms with Gasteiger partial charge in [0, 0.05) is 37.2 Å². The van der Waals surface area contributed by atoms with Crippen molar-refractivity contribution in [2.45, 2.75) is 12.5 Å². The minimum absolute atomic E-state index is 0.121.